The van der Waals surface area contributed by atoms with E-state index in [1.807, 2.05) is 26.0 Å². The van der Waals surface area contributed by atoms with E-state index in [1.54, 1.807) is 48.4 Å². The van der Waals surface area contributed by atoms with Crippen molar-refractivity contribution < 1.29 is 124 Å². The molecule has 0 radical (unpaired) electrons. The molecule has 2 N–H and O–H groups in total. The zero-order valence-corrected chi connectivity index (χ0v) is 38.2. The number of fused-ring (bicyclic) bond motifs is 1. The van der Waals surface area contributed by atoms with Crippen molar-refractivity contribution in [1.82, 2.24) is 5.01 Å². The first kappa shape index (κ1) is 51.6. The van der Waals surface area contributed by atoms with Crippen LogP contribution in [0.25, 0.3) is 0 Å². The Morgan fingerprint density at radius 3 is 2.18 bits per heavy atom. The first-order valence-corrected chi connectivity index (χ1v) is 20.8. The van der Waals surface area contributed by atoms with Gasteiger partial charge in [-0.15, -0.1) is 0 Å². The standard InChI is InChI=1S/C34H47N3O13S3.2Na/c1-25-33(2,19-17-32(40)41)30(37(35-25)21-11-23-53(46,47)48)13-7-4-6-12-29-34(3,18-10-22-52(43,44)45)27-24-26(51-50-49-42)15-16-28(27)36(29)20-9-5-8-14-31(38)39;;/h4,6-7,12-13,15-16,24H,5,8-11,14,17-23H2,1-3H3,(H4-,38,39,40,41,42,43,44,45,46,47,48);;/q;2*+1/p-2. The van der Waals surface area contributed by atoms with Gasteiger partial charge in [-0.05, 0) is 77.5 Å². The molecule has 2 atom stereocenters. The Kier molecular flexibility index (Phi) is 21.8. The molecule has 21 heteroatoms. The molecule has 55 heavy (non-hydrogen) atoms. The van der Waals surface area contributed by atoms with E-state index in [1.165, 1.54) is 0 Å². The van der Waals surface area contributed by atoms with Gasteiger partial charge >= 0.3 is 71.1 Å². The number of carboxylic acid groups (broad SMARTS) is 2. The van der Waals surface area contributed by atoms with Gasteiger partial charge in [-0.1, -0.05) is 18.2 Å². The van der Waals surface area contributed by atoms with Crippen molar-refractivity contribution in [2.45, 2.75) is 88.9 Å². The normalized spacial score (nSPS) is 20.6. The molecular formula is C34H45N3Na2O13S3. The Labute approximate surface area is 371 Å². The third kappa shape index (κ3) is 15.7. The van der Waals surface area contributed by atoms with Crippen molar-refractivity contribution in [3.05, 3.63) is 59.8 Å². The van der Waals surface area contributed by atoms with E-state index in [2.05, 4.69) is 19.0 Å². The third-order valence-corrected chi connectivity index (χ3v) is 11.6. The second-order valence-electron chi connectivity index (χ2n) is 13.3. The summed E-state index contributed by atoms with van der Waals surface area (Å²) in [5.74, 6) is -3.02. The Hall–Kier alpha value is -1.43. The van der Waals surface area contributed by atoms with E-state index in [4.69, 9.17) is 5.11 Å². The molecule has 1 aromatic rings. The molecule has 2 aliphatic heterocycles. The van der Waals surface area contributed by atoms with Gasteiger partial charge in [-0.3, -0.25) is 19.6 Å². The minimum Gasteiger partial charge on any atom is -0.748 e. The summed E-state index contributed by atoms with van der Waals surface area (Å²) in [4.78, 5) is 23.1. The first-order chi connectivity index (χ1) is 24.8. The summed E-state index contributed by atoms with van der Waals surface area (Å²) in [6.45, 7) is 6.15. The number of carboxylic acids is 2. The molecule has 2 aliphatic rings. The second-order valence-corrected chi connectivity index (χ2v) is 17.1. The number of hydrogen-bond acceptors (Lipinski definition) is 14. The SMILES string of the molecule is CC1=NN(CCCS(=O)(=O)[O-])\C(=C/C=C/C=C/C2=[N+](CCCCCC(=O)O)c3ccc(SOO[O-])cc3C2(C)CCCS(=O)(=O)[O-])C1(C)CCC(=O)O.[Na+].[Na+]. The number of unbranched alkanes of at least 4 members (excludes halogenated alkanes) is 2. The van der Waals surface area contributed by atoms with Crippen LogP contribution in [-0.4, -0.2) is 93.7 Å². The molecule has 3 rings (SSSR count). The fourth-order valence-corrected chi connectivity index (χ4v) is 8.01. The number of rotatable bonds is 23. The van der Waals surface area contributed by atoms with Gasteiger partial charge in [0.25, 0.3) is 0 Å². The molecule has 2 unspecified atom stereocenters. The number of allylic oxidation sites excluding steroid dienone is 6. The van der Waals surface area contributed by atoms with Crippen LogP contribution in [0.2, 0.25) is 0 Å². The molecule has 16 nitrogen and oxygen atoms in total. The first-order valence-electron chi connectivity index (χ1n) is 16.9. The summed E-state index contributed by atoms with van der Waals surface area (Å²) in [6.07, 6.45) is 11.1. The second kappa shape index (κ2) is 23.2. The molecule has 0 bridgehead atoms. The van der Waals surface area contributed by atoms with Crippen molar-refractivity contribution in [2.24, 2.45) is 10.5 Å². The van der Waals surface area contributed by atoms with Crippen molar-refractivity contribution in [3.8, 4) is 0 Å². The number of nitrogens with zero attached hydrogens (tertiary/aromatic N) is 3. The topological polar surface area (TPSA) is 249 Å². The fourth-order valence-electron chi connectivity index (χ4n) is 6.64. The Morgan fingerprint density at radius 1 is 0.909 bits per heavy atom. The predicted molar refractivity (Wildman–Crippen MR) is 192 cm³/mol. The van der Waals surface area contributed by atoms with E-state index < -0.39 is 54.5 Å². The van der Waals surface area contributed by atoms with E-state index in [0.717, 1.165) is 17.0 Å². The van der Waals surface area contributed by atoms with Crippen LogP contribution < -0.4 is 64.4 Å². The Bertz CT molecular complexity index is 1890. The number of hydrazone groups is 1. The average Bonchev–Trinajstić information content (AvgIpc) is 3.42. The van der Waals surface area contributed by atoms with Gasteiger partial charge in [0.05, 0.1) is 37.7 Å². The molecule has 294 valence electrons. The molecule has 2 heterocycles. The molecule has 0 aromatic heterocycles. The van der Waals surface area contributed by atoms with Crippen LogP contribution in [0.15, 0.2) is 64.3 Å². The molecule has 1 aromatic carbocycles. The van der Waals surface area contributed by atoms with E-state index in [9.17, 15) is 45.9 Å². The predicted octanol–water partition coefficient (Wildman–Crippen LogP) is -2.25. The maximum atomic E-state index is 11.6. The maximum Gasteiger partial charge on any atom is 1.00 e. The summed E-state index contributed by atoms with van der Waals surface area (Å²) in [5.41, 5.74) is 2.05. The summed E-state index contributed by atoms with van der Waals surface area (Å²) in [6, 6.07) is 5.36. The van der Waals surface area contributed by atoms with E-state index in [-0.39, 0.29) is 104 Å². The van der Waals surface area contributed by atoms with E-state index >= 15 is 0 Å². The molecular weight excluding hydrogens is 801 g/mol. The van der Waals surface area contributed by atoms with Crippen LogP contribution in [0, 0.1) is 5.41 Å². The van der Waals surface area contributed by atoms with Gasteiger partial charge in [0, 0.05) is 76.7 Å². The molecule has 0 amide bonds. The van der Waals surface area contributed by atoms with Crippen LogP contribution in [0.1, 0.15) is 84.1 Å². The molecule has 0 aliphatic carbocycles. The smallest absolute Gasteiger partial charge is 0.748 e. The van der Waals surface area contributed by atoms with Crippen molar-refractivity contribution >= 4 is 61.3 Å². The van der Waals surface area contributed by atoms with Crippen LogP contribution >= 0.6 is 12.0 Å². The van der Waals surface area contributed by atoms with Gasteiger partial charge in [-0.2, -0.15) is 14.0 Å². The summed E-state index contributed by atoms with van der Waals surface area (Å²) in [5, 5.41) is 38.6. The number of hydrogen-bond donors (Lipinski definition) is 2. The van der Waals surface area contributed by atoms with Crippen LogP contribution in [0.4, 0.5) is 5.69 Å². The number of carbonyl (C=O) groups is 2. The summed E-state index contributed by atoms with van der Waals surface area (Å²) >= 11 is 0.701. The van der Waals surface area contributed by atoms with E-state index in [0.29, 0.717) is 54.2 Å². The minimum atomic E-state index is -4.49. The van der Waals surface area contributed by atoms with Crippen LogP contribution in [0.5, 0.6) is 0 Å². The molecule has 0 spiro atoms. The quantitative estimate of drug-likeness (QED) is 0.0173. The number of benzene rings is 1. The third-order valence-electron chi connectivity index (χ3n) is 9.46. The van der Waals surface area contributed by atoms with Crippen molar-refractivity contribution in [1.29, 1.82) is 0 Å². The van der Waals surface area contributed by atoms with Gasteiger partial charge in [0.2, 0.25) is 5.69 Å². The summed E-state index contributed by atoms with van der Waals surface area (Å²) < 4.78 is 74.9. The average molecular weight is 846 g/mol. The molecule has 0 saturated carbocycles. The van der Waals surface area contributed by atoms with Crippen molar-refractivity contribution in [3.63, 3.8) is 0 Å². The largest absolute Gasteiger partial charge is 1.00 e. The molecule has 0 saturated heterocycles. The van der Waals surface area contributed by atoms with Gasteiger partial charge in [0.15, 0.2) is 5.71 Å². The Balaban J connectivity index is 0.00000756. The van der Waals surface area contributed by atoms with Gasteiger partial charge in [-0.25, -0.2) is 16.8 Å². The Morgan fingerprint density at radius 2 is 1.56 bits per heavy atom. The number of aliphatic carboxylic acids is 2. The van der Waals surface area contributed by atoms with Gasteiger partial charge in [0.1, 0.15) is 6.54 Å². The van der Waals surface area contributed by atoms with Gasteiger partial charge < -0.3 is 24.6 Å². The zero-order chi connectivity index (χ0) is 39.5. The summed E-state index contributed by atoms with van der Waals surface area (Å²) in [7, 11) is -8.94. The van der Waals surface area contributed by atoms with Crippen LogP contribution in [0.3, 0.4) is 0 Å². The van der Waals surface area contributed by atoms with Crippen LogP contribution in [-0.2, 0) is 44.6 Å². The van der Waals surface area contributed by atoms with Crippen molar-refractivity contribution in [2.75, 3.05) is 24.6 Å². The minimum absolute atomic E-state index is 0. The monoisotopic (exact) mass is 845 g/mol. The zero-order valence-electron chi connectivity index (χ0n) is 31.8. The fraction of sp³-hybridized carbons (Fsp3) is 0.529. The molecule has 0 fully saturated rings. The maximum absolute atomic E-state index is 11.6.